The van der Waals surface area contributed by atoms with Gasteiger partial charge >= 0.3 is 5.97 Å². The maximum atomic E-state index is 12.9. The number of hydrogen-bond donors (Lipinski definition) is 1. The molecule has 0 aliphatic heterocycles. The molecule has 0 bridgehead atoms. The van der Waals surface area contributed by atoms with Crippen LogP contribution in [0.5, 0.6) is 0 Å². The zero-order valence-electron chi connectivity index (χ0n) is 6.92. The first-order valence-electron chi connectivity index (χ1n) is 3.61. The van der Waals surface area contributed by atoms with E-state index >= 15 is 0 Å². The number of halogens is 2. The van der Waals surface area contributed by atoms with Gasteiger partial charge in [0.2, 0.25) is 5.95 Å². The Hall–Kier alpha value is -1.60. The second-order valence-electron chi connectivity index (χ2n) is 2.36. The van der Waals surface area contributed by atoms with Gasteiger partial charge in [-0.3, -0.25) is 4.79 Å². The van der Waals surface area contributed by atoms with Crippen LogP contribution in [0.1, 0.15) is 12.0 Å². The number of hydrogen-bond acceptors (Lipinski definition) is 2. The molecule has 14 heavy (non-hydrogen) atoms. The van der Waals surface area contributed by atoms with Crippen molar-refractivity contribution in [2.45, 2.75) is 6.42 Å². The molecule has 1 aromatic heterocycles. The van der Waals surface area contributed by atoms with Crippen molar-refractivity contribution in [3.63, 3.8) is 0 Å². The summed E-state index contributed by atoms with van der Waals surface area (Å²) >= 11 is 5.55. The van der Waals surface area contributed by atoms with Crippen molar-refractivity contribution in [1.82, 2.24) is 4.98 Å². The number of carboxylic acid groups (broad SMARTS) is 1. The summed E-state index contributed by atoms with van der Waals surface area (Å²) in [5.41, 5.74) is -0.00116. The Morgan fingerprint density at radius 2 is 2.43 bits per heavy atom. The van der Waals surface area contributed by atoms with Crippen LogP contribution in [0.25, 0.3) is 0 Å². The van der Waals surface area contributed by atoms with E-state index in [2.05, 4.69) is 16.8 Å². The lowest BCUT2D eigenvalue weighted by atomic mass is 10.2. The van der Waals surface area contributed by atoms with Crippen LogP contribution < -0.4 is 0 Å². The molecule has 0 atom stereocenters. The summed E-state index contributed by atoms with van der Waals surface area (Å²) in [6.45, 7) is 0. The number of rotatable bonds is 1. The lowest BCUT2D eigenvalue weighted by Gasteiger charge is -1.92. The highest BCUT2D eigenvalue weighted by Gasteiger charge is 2.00. The van der Waals surface area contributed by atoms with Gasteiger partial charge in [-0.2, -0.15) is 4.39 Å². The molecule has 0 unspecified atom stereocenters. The summed E-state index contributed by atoms with van der Waals surface area (Å²) in [4.78, 5) is 13.4. The van der Waals surface area contributed by atoms with E-state index in [9.17, 15) is 9.18 Å². The fourth-order valence-corrected chi connectivity index (χ4v) is 0.883. The number of carboxylic acids is 1. The monoisotopic (exact) mass is 213 g/mol. The minimum absolute atomic E-state index is 0.00116. The van der Waals surface area contributed by atoms with Gasteiger partial charge in [0.15, 0.2) is 0 Å². The maximum Gasteiger partial charge on any atom is 0.315 e. The van der Waals surface area contributed by atoms with Crippen molar-refractivity contribution in [2.75, 3.05) is 0 Å². The SMILES string of the molecule is O=C(O)CC#Cc1cc(Cl)cnc1F. The molecule has 1 heterocycles. The second kappa shape index (κ2) is 4.58. The van der Waals surface area contributed by atoms with Gasteiger partial charge in [0.05, 0.1) is 10.6 Å². The minimum Gasteiger partial charge on any atom is -0.481 e. The molecule has 72 valence electrons. The molecule has 0 aliphatic rings. The number of pyridine rings is 1. The zero-order valence-corrected chi connectivity index (χ0v) is 7.68. The molecule has 1 rings (SSSR count). The Labute approximate surface area is 84.5 Å². The molecule has 5 heteroatoms. The quantitative estimate of drug-likeness (QED) is 0.571. The van der Waals surface area contributed by atoms with Gasteiger partial charge in [0, 0.05) is 6.20 Å². The normalized spacial score (nSPS) is 9.00. The molecule has 1 N–H and O–H groups in total. The largest absolute Gasteiger partial charge is 0.481 e. The maximum absolute atomic E-state index is 12.9. The molecular formula is C9H5ClFNO2. The van der Waals surface area contributed by atoms with Crippen LogP contribution in [0.2, 0.25) is 5.02 Å². The number of aliphatic carboxylic acids is 1. The molecule has 1 aromatic rings. The molecule has 3 nitrogen and oxygen atoms in total. The number of nitrogens with zero attached hydrogens (tertiary/aromatic N) is 1. The van der Waals surface area contributed by atoms with E-state index in [1.54, 1.807) is 0 Å². The highest BCUT2D eigenvalue weighted by Crippen LogP contribution is 2.10. The van der Waals surface area contributed by atoms with E-state index in [0.29, 0.717) is 0 Å². The molecule has 0 aromatic carbocycles. The predicted molar refractivity (Wildman–Crippen MR) is 48.3 cm³/mol. The van der Waals surface area contributed by atoms with Crippen LogP contribution in [-0.2, 0) is 4.79 Å². The lowest BCUT2D eigenvalue weighted by Crippen LogP contribution is -1.91. The summed E-state index contributed by atoms with van der Waals surface area (Å²) in [6.07, 6.45) is 0.811. The summed E-state index contributed by atoms with van der Waals surface area (Å²) in [5.74, 6) is 2.79. The van der Waals surface area contributed by atoms with Gasteiger partial charge < -0.3 is 5.11 Å². The summed E-state index contributed by atoms with van der Waals surface area (Å²) < 4.78 is 12.9. The molecular weight excluding hydrogens is 209 g/mol. The molecule has 0 saturated heterocycles. The fraction of sp³-hybridized carbons (Fsp3) is 0.111. The smallest absolute Gasteiger partial charge is 0.315 e. The average Bonchev–Trinajstić information content (AvgIpc) is 2.10. The van der Waals surface area contributed by atoms with E-state index in [0.717, 1.165) is 6.20 Å². The highest BCUT2D eigenvalue weighted by atomic mass is 35.5. The molecule has 0 spiro atoms. The zero-order chi connectivity index (χ0) is 10.6. The van der Waals surface area contributed by atoms with Crippen molar-refractivity contribution in [3.05, 3.63) is 28.8 Å². The summed E-state index contributed by atoms with van der Waals surface area (Å²) in [5, 5.41) is 8.53. The van der Waals surface area contributed by atoms with Crippen LogP contribution in [0.4, 0.5) is 4.39 Å². The van der Waals surface area contributed by atoms with Gasteiger partial charge in [0.25, 0.3) is 0 Å². The topological polar surface area (TPSA) is 50.2 Å². The van der Waals surface area contributed by atoms with Crippen molar-refractivity contribution in [1.29, 1.82) is 0 Å². The standard InChI is InChI=1S/C9H5ClFNO2/c10-7-4-6(9(11)12-5-7)2-1-3-8(13)14/h4-5H,3H2,(H,13,14). The first-order chi connectivity index (χ1) is 6.59. The van der Waals surface area contributed by atoms with Crippen LogP contribution >= 0.6 is 11.6 Å². The average molecular weight is 214 g/mol. The van der Waals surface area contributed by atoms with Crippen molar-refractivity contribution >= 4 is 17.6 Å². The van der Waals surface area contributed by atoms with Gasteiger partial charge in [-0.15, -0.1) is 0 Å². The van der Waals surface area contributed by atoms with Crippen molar-refractivity contribution < 1.29 is 14.3 Å². The summed E-state index contributed by atoms with van der Waals surface area (Å²) in [7, 11) is 0. The molecule has 0 aliphatic carbocycles. The van der Waals surface area contributed by atoms with E-state index in [4.69, 9.17) is 16.7 Å². The first kappa shape index (κ1) is 10.5. The van der Waals surface area contributed by atoms with Crippen LogP contribution in [0.15, 0.2) is 12.3 Å². The molecule has 0 radical (unpaired) electrons. The van der Waals surface area contributed by atoms with E-state index in [1.807, 2.05) is 0 Å². The fourth-order valence-electron chi connectivity index (χ4n) is 0.725. The number of carbonyl (C=O) groups is 1. The van der Waals surface area contributed by atoms with Crippen LogP contribution in [0.3, 0.4) is 0 Å². The first-order valence-corrected chi connectivity index (χ1v) is 3.99. The van der Waals surface area contributed by atoms with Crippen molar-refractivity contribution in [2.24, 2.45) is 0 Å². The third-order valence-electron chi connectivity index (χ3n) is 1.27. The van der Waals surface area contributed by atoms with Crippen LogP contribution in [0, 0.1) is 17.8 Å². The van der Waals surface area contributed by atoms with E-state index in [1.165, 1.54) is 6.07 Å². The van der Waals surface area contributed by atoms with Gasteiger partial charge in [-0.1, -0.05) is 23.4 Å². The van der Waals surface area contributed by atoms with E-state index in [-0.39, 0.29) is 17.0 Å². The summed E-state index contributed by atoms with van der Waals surface area (Å²) in [6, 6.07) is 1.29. The lowest BCUT2D eigenvalue weighted by molar-refractivity contribution is -0.135. The Morgan fingerprint density at radius 1 is 1.71 bits per heavy atom. The van der Waals surface area contributed by atoms with Gasteiger partial charge in [-0.25, -0.2) is 4.98 Å². The molecule has 0 amide bonds. The molecule has 0 fully saturated rings. The Kier molecular flexibility index (Phi) is 3.43. The molecule has 0 saturated carbocycles. The minimum atomic E-state index is -1.06. The van der Waals surface area contributed by atoms with Gasteiger partial charge in [0.1, 0.15) is 6.42 Å². The Morgan fingerprint density at radius 3 is 3.07 bits per heavy atom. The number of aromatic nitrogens is 1. The van der Waals surface area contributed by atoms with Crippen molar-refractivity contribution in [3.8, 4) is 11.8 Å². The highest BCUT2D eigenvalue weighted by molar-refractivity contribution is 6.30. The Bertz CT molecular complexity index is 423. The van der Waals surface area contributed by atoms with Gasteiger partial charge in [-0.05, 0) is 6.07 Å². The van der Waals surface area contributed by atoms with Crippen LogP contribution in [-0.4, -0.2) is 16.1 Å². The third kappa shape index (κ3) is 3.04. The third-order valence-corrected chi connectivity index (χ3v) is 1.48. The predicted octanol–water partition coefficient (Wildman–Crippen LogP) is 1.70. The second-order valence-corrected chi connectivity index (χ2v) is 2.80. The van der Waals surface area contributed by atoms with E-state index < -0.39 is 11.9 Å². The Balaban J connectivity index is 2.88.